The van der Waals surface area contributed by atoms with Crippen LogP contribution in [0.5, 0.6) is 0 Å². The molecule has 0 aromatic heterocycles. The van der Waals surface area contributed by atoms with Crippen molar-refractivity contribution < 1.29 is 14.6 Å². The Labute approximate surface area is 108 Å². The standard InChI is InChI=1S/C12H22F3N3.H2/c1-17-6-9(7-17)18(8-12(13,14)15)11-5-3-2-4-10(11)16;/h9-11H,2-8,16H2,1H3;1H/t10-,11-;/m0./s1. The van der Waals surface area contributed by atoms with E-state index < -0.39 is 12.7 Å². The molecular formula is C12H24F3N3. The van der Waals surface area contributed by atoms with Gasteiger partial charge in [-0.05, 0) is 19.9 Å². The molecule has 1 saturated carbocycles. The van der Waals surface area contributed by atoms with Crippen LogP contribution < -0.4 is 5.73 Å². The van der Waals surface area contributed by atoms with Gasteiger partial charge in [-0.25, -0.2) is 0 Å². The molecule has 0 bridgehead atoms. The zero-order chi connectivity index (χ0) is 13.3. The van der Waals surface area contributed by atoms with Gasteiger partial charge in [-0.15, -0.1) is 0 Å². The summed E-state index contributed by atoms with van der Waals surface area (Å²) in [6.45, 7) is 0.627. The van der Waals surface area contributed by atoms with E-state index in [-0.39, 0.29) is 19.6 Å². The molecule has 2 aliphatic rings. The lowest BCUT2D eigenvalue weighted by atomic mass is 9.88. The van der Waals surface area contributed by atoms with Gasteiger partial charge in [0.05, 0.1) is 6.54 Å². The van der Waals surface area contributed by atoms with Crippen LogP contribution in [0, 0.1) is 0 Å². The second-order valence-electron chi connectivity index (χ2n) is 5.68. The normalized spacial score (nSPS) is 31.7. The molecule has 3 nitrogen and oxygen atoms in total. The summed E-state index contributed by atoms with van der Waals surface area (Å²) in [5.41, 5.74) is 6.03. The Morgan fingerprint density at radius 2 is 1.89 bits per heavy atom. The average molecular weight is 267 g/mol. The van der Waals surface area contributed by atoms with Crippen molar-refractivity contribution in [2.75, 3.05) is 26.7 Å². The molecule has 0 spiro atoms. The first-order chi connectivity index (χ1) is 8.37. The van der Waals surface area contributed by atoms with E-state index in [9.17, 15) is 13.2 Å². The Bertz CT molecular complexity index is 282. The quantitative estimate of drug-likeness (QED) is 0.844. The third-order valence-electron chi connectivity index (χ3n) is 4.08. The van der Waals surface area contributed by atoms with Crippen molar-refractivity contribution >= 4 is 0 Å². The maximum absolute atomic E-state index is 12.7. The molecule has 18 heavy (non-hydrogen) atoms. The summed E-state index contributed by atoms with van der Waals surface area (Å²) in [5, 5.41) is 0. The summed E-state index contributed by atoms with van der Waals surface area (Å²) >= 11 is 0. The molecule has 0 aromatic rings. The van der Waals surface area contributed by atoms with Crippen LogP contribution in [0.1, 0.15) is 27.1 Å². The van der Waals surface area contributed by atoms with Crippen LogP contribution in [0.3, 0.4) is 0 Å². The number of likely N-dealkylation sites (tertiary alicyclic amines) is 1. The molecule has 2 rings (SSSR count). The highest BCUT2D eigenvalue weighted by atomic mass is 19.4. The smallest absolute Gasteiger partial charge is 0.326 e. The predicted molar refractivity (Wildman–Crippen MR) is 66.4 cm³/mol. The zero-order valence-electron chi connectivity index (χ0n) is 10.8. The lowest BCUT2D eigenvalue weighted by Gasteiger charge is -2.49. The van der Waals surface area contributed by atoms with E-state index in [0.29, 0.717) is 0 Å². The molecule has 1 heterocycles. The molecule has 0 unspecified atom stereocenters. The molecule has 2 atom stereocenters. The van der Waals surface area contributed by atoms with Crippen molar-refractivity contribution in [2.45, 2.75) is 50.0 Å². The van der Waals surface area contributed by atoms with Crippen molar-refractivity contribution in [3.63, 3.8) is 0 Å². The van der Waals surface area contributed by atoms with Crippen LogP contribution in [0.25, 0.3) is 0 Å². The van der Waals surface area contributed by atoms with Gasteiger partial charge in [-0.1, -0.05) is 12.8 Å². The second kappa shape index (κ2) is 5.35. The van der Waals surface area contributed by atoms with Gasteiger partial charge in [0.15, 0.2) is 0 Å². The molecule has 0 radical (unpaired) electrons. The number of likely N-dealkylation sites (N-methyl/N-ethyl adjacent to an activating group) is 1. The fourth-order valence-electron chi connectivity index (χ4n) is 3.15. The van der Waals surface area contributed by atoms with Gasteiger partial charge in [0, 0.05) is 32.6 Å². The van der Waals surface area contributed by atoms with Crippen LogP contribution >= 0.6 is 0 Å². The average Bonchev–Trinajstić information content (AvgIpc) is 2.22. The highest BCUT2D eigenvalue weighted by molar-refractivity contribution is 4.95. The molecule has 1 aliphatic heterocycles. The molecule has 6 heteroatoms. The molecule has 108 valence electrons. The van der Waals surface area contributed by atoms with E-state index in [1.807, 2.05) is 11.9 Å². The molecule has 2 N–H and O–H groups in total. The van der Waals surface area contributed by atoms with Gasteiger partial charge in [-0.3, -0.25) is 4.90 Å². The Morgan fingerprint density at radius 3 is 2.39 bits per heavy atom. The third-order valence-corrected chi connectivity index (χ3v) is 4.08. The first-order valence-electron chi connectivity index (χ1n) is 6.63. The highest BCUT2D eigenvalue weighted by Gasteiger charge is 2.42. The first-order valence-corrected chi connectivity index (χ1v) is 6.63. The van der Waals surface area contributed by atoms with Crippen molar-refractivity contribution in [1.82, 2.24) is 9.80 Å². The molecule has 1 saturated heterocycles. The van der Waals surface area contributed by atoms with Crippen LogP contribution in [0.15, 0.2) is 0 Å². The van der Waals surface area contributed by atoms with Crippen molar-refractivity contribution in [3.05, 3.63) is 0 Å². The minimum absolute atomic E-state index is 0. The maximum Gasteiger partial charge on any atom is 0.401 e. The molecule has 1 aliphatic carbocycles. The van der Waals surface area contributed by atoms with Crippen molar-refractivity contribution in [2.24, 2.45) is 5.73 Å². The van der Waals surface area contributed by atoms with E-state index in [0.717, 1.165) is 38.8 Å². The van der Waals surface area contributed by atoms with Crippen molar-refractivity contribution in [1.29, 1.82) is 0 Å². The third kappa shape index (κ3) is 3.36. The molecule has 0 amide bonds. The Morgan fingerprint density at radius 1 is 1.28 bits per heavy atom. The number of hydrogen-bond donors (Lipinski definition) is 1. The molecular weight excluding hydrogens is 243 g/mol. The van der Waals surface area contributed by atoms with Gasteiger partial charge in [0.2, 0.25) is 0 Å². The van der Waals surface area contributed by atoms with Crippen LogP contribution in [0.2, 0.25) is 0 Å². The monoisotopic (exact) mass is 267 g/mol. The number of alkyl halides is 3. The summed E-state index contributed by atoms with van der Waals surface area (Å²) < 4.78 is 38.1. The topological polar surface area (TPSA) is 32.5 Å². The van der Waals surface area contributed by atoms with Gasteiger partial charge in [-0.2, -0.15) is 13.2 Å². The largest absolute Gasteiger partial charge is 0.401 e. The summed E-state index contributed by atoms with van der Waals surface area (Å²) in [4.78, 5) is 3.66. The first kappa shape index (κ1) is 14.1. The minimum atomic E-state index is -4.13. The van der Waals surface area contributed by atoms with Crippen LogP contribution in [0.4, 0.5) is 13.2 Å². The molecule has 2 fully saturated rings. The number of nitrogens with two attached hydrogens (primary N) is 1. The Kier molecular flexibility index (Phi) is 4.18. The highest BCUT2D eigenvalue weighted by Crippen LogP contribution is 2.29. The number of nitrogens with zero attached hydrogens (tertiary/aromatic N) is 2. The summed E-state index contributed by atoms with van der Waals surface area (Å²) in [6.07, 6.45) is -0.443. The maximum atomic E-state index is 12.7. The van der Waals surface area contributed by atoms with E-state index in [4.69, 9.17) is 5.73 Å². The lowest BCUT2D eigenvalue weighted by Crippen LogP contribution is -2.65. The van der Waals surface area contributed by atoms with E-state index in [1.54, 1.807) is 4.90 Å². The SMILES string of the molecule is CN1CC(N(CC(F)(F)F)[C@H]2CCCC[C@@H]2N)C1.[HH]. The van der Waals surface area contributed by atoms with Crippen LogP contribution in [-0.4, -0.2) is 60.8 Å². The molecule has 0 aromatic carbocycles. The van der Waals surface area contributed by atoms with E-state index in [1.165, 1.54) is 0 Å². The summed E-state index contributed by atoms with van der Waals surface area (Å²) in [6, 6.07) is -0.183. The van der Waals surface area contributed by atoms with Crippen LogP contribution in [-0.2, 0) is 0 Å². The number of halogens is 3. The predicted octanol–water partition coefficient (Wildman–Crippen LogP) is 1.68. The van der Waals surface area contributed by atoms with E-state index in [2.05, 4.69) is 0 Å². The Balaban J connectivity index is 0.00000180. The Hall–Kier alpha value is -0.330. The fraction of sp³-hybridized carbons (Fsp3) is 1.00. The van der Waals surface area contributed by atoms with Gasteiger partial charge < -0.3 is 10.6 Å². The van der Waals surface area contributed by atoms with Crippen molar-refractivity contribution in [3.8, 4) is 0 Å². The van der Waals surface area contributed by atoms with E-state index >= 15 is 0 Å². The number of rotatable bonds is 3. The second-order valence-corrected chi connectivity index (χ2v) is 5.68. The summed E-state index contributed by atoms with van der Waals surface area (Å²) in [7, 11) is 1.93. The fourth-order valence-corrected chi connectivity index (χ4v) is 3.15. The lowest BCUT2D eigenvalue weighted by molar-refractivity contribution is -0.166. The minimum Gasteiger partial charge on any atom is -0.326 e. The van der Waals surface area contributed by atoms with Gasteiger partial charge in [0.25, 0.3) is 0 Å². The summed E-state index contributed by atoms with van der Waals surface area (Å²) in [5.74, 6) is 0. The van der Waals surface area contributed by atoms with Gasteiger partial charge in [0.1, 0.15) is 0 Å². The van der Waals surface area contributed by atoms with Gasteiger partial charge >= 0.3 is 6.18 Å². The number of hydrogen-bond acceptors (Lipinski definition) is 3. The zero-order valence-corrected chi connectivity index (χ0v) is 10.8.